The van der Waals surface area contributed by atoms with Gasteiger partial charge in [-0.3, -0.25) is 9.59 Å². The number of aromatic amines is 1. The van der Waals surface area contributed by atoms with E-state index in [-0.39, 0.29) is 12.1 Å². The van der Waals surface area contributed by atoms with Crippen molar-refractivity contribution in [3.63, 3.8) is 0 Å². The van der Waals surface area contributed by atoms with Crippen molar-refractivity contribution in [2.24, 2.45) is 0 Å². The van der Waals surface area contributed by atoms with Crippen molar-refractivity contribution in [3.8, 4) is 0 Å². The number of carbonyl (C=O) groups is 2. The molecule has 1 amide bonds. The lowest BCUT2D eigenvalue weighted by Crippen LogP contribution is -2.31. The number of rotatable bonds is 5. The normalized spacial score (nSPS) is 12.0. The molecule has 2 heterocycles. The molecule has 0 aliphatic heterocycles. The van der Waals surface area contributed by atoms with Crippen LogP contribution in [0.4, 0.5) is 0 Å². The van der Waals surface area contributed by atoms with Crippen LogP contribution in [-0.4, -0.2) is 31.9 Å². The molecule has 0 aliphatic rings. The lowest BCUT2D eigenvalue weighted by atomic mass is 10.0. The van der Waals surface area contributed by atoms with Crippen LogP contribution < -0.4 is 5.32 Å². The maximum atomic E-state index is 12.6. The molecule has 3 aromatic rings. The Morgan fingerprint density at radius 1 is 1.21 bits per heavy atom. The first kappa shape index (κ1) is 15.7. The number of hydrogen-bond donors (Lipinski definition) is 3. The van der Waals surface area contributed by atoms with E-state index in [4.69, 9.17) is 5.11 Å². The third-order valence-electron chi connectivity index (χ3n) is 3.73. The van der Waals surface area contributed by atoms with Gasteiger partial charge in [0.2, 0.25) is 0 Å². The highest BCUT2D eigenvalue weighted by Gasteiger charge is 2.21. The average molecular weight is 324 g/mol. The maximum absolute atomic E-state index is 12.6. The fraction of sp³-hybridized carbons (Fsp3) is 0.176. The number of nitrogens with zero attached hydrogens (tertiary/aromatic N) is 2. The van der Waals surface area contributed by atoms with Gasteiger partial charge in [0.1, 0.15) is 17.7 Å². The zero-order valence-electron chi connectivity index (χ0n) is 13.0. The van der Waals surface area contributed by atoms with Gasteiger partial charge in [0.15, 0.2) is 0 Å². The molecule has 7 nitrogen and oxygen atoms in total. The van der Waals surface area contributed by atoms with Crippen LogP contribution in [0, 0.1) is 6.92 Å². The maximum Gasteiger partial charge on any atom is 0.305 e. The summed E-state index contributed by atoms with van der Waals surface area (Å²) in [4.78, 5) is 34.7. The second-order valence-electron chi connectivity index (χ2n) is 5.50. The standard InChI is InChI=1S/C17H16N4O3/c1-10-2-4-11(5-3-10)13(8-14(22)23)21-17(24)15-12-6-7-18-16(12)20-9-19-15/h2-7,9,13H,8H2,1H3,(H,21,24)(H,22,23)(H,18,19,20). The third kappa shape index (κ3) is 3.24. The number of aromatic nitrogens is 3. The van der Waals surface area contributed by atoms with Crippen LogP contribution >= 0.6 is 0 Å². The zero-order chi connectivity index (χ0) is 17.1. The van der Waals surface area contributed by atoms with Crippen molar-refractivity contribution in [3.05, 3.63) is 59.7 Å². The average Bonchev–Trinajstić information content (AvgIpc) is 3.03. The van der Waals surface area contributed by atoms with E-state index in [2.05, 4.69) is 20.3 Å². The Kier molecular flexibility index (Phi) is 4.24. The predicted molar refractivity (Wildman–Crippen MR) is 87.5 cm³/mol. The van der Waals surface area contributed by atoms with Crippen LogP contribution in [0.1, 0.15) is 34.1 Å². The molecule has 1 atom stereocenters. The lowest BCUT2D eigenvalue weighted by molar-refractivity contribution is -0.137. The van der Waals surface area contributed by atoms with E-state index in [9.17, 15) is 9.59 Å². The minimum absolute atomic E-state index is 0.212. The highest BCUT2D eigenvalue weighted by Crippen LogP contribution is 2.20. The number of carboxylic acids is 1. The van der Waals surface area contributed by atoms with E-state index in [1.807, 2.05) is 31.2 Å². The summed E-state index contributed by atoms with van der Waals surface area (Å²) < 4.78 is 0. The molecule has 24 heavy (non-hydrogen) atoms. The SMILES string of the molecule is Cc1ccc(C(CC(=O)O)NC(=O)c2ncnc3[nH]ccc23)cc1. The molecular formula is C17H16N4O3. The van der Waals surface area contributed by atoms with Gasteiger partial charge in [0.05, 0.1) is 17.8 Å². The number of aryl methyl sites for hydroxylation is 1. The first-order chi connectivity index (χ1) is 11.5. The molecule has 0 spiro atoms. The predicted octanol–water partition coefficient (Wildman–Crippen LogP) is 2.21. The molecule has 0 saturated carbocycles. The van der Waals surface area contributed by atoms with Gasteiger partial charge in [-0.25, -0.2) is 9.97 Å². The van der Waals surface area contributed by atoms with Crippen molar-refractivity contribution < 1.29 is 14.7 Å². The van der Waals surface area contributed by atoms with Gasteiger partial charge in [-0.2, -0.15) is 0 Å². The Morgan fingerprint density at radius 3 is 2.67 bits per heavy atom. The minimum Gasteiger partial charge on any atom is -0.481 e. The molecule has 1 unspecified atom stereocenters. The molecule has 3 rings (SSSR count). The summed E-state index contributed by atoms with van der Waals surface area (Å²) >= 11 is 0. The summed E-state index contributed by atoms with van der Waals surface area (Å²) in [6.45, 7) is 1.94. The Balaban J connectivity index is 1.89. The summed E-state index contributed by atoms with van der Waals surface area (Å²) in [5.41, 5.74) is 2.56. The molecule has 0 bridgehead atoms. The zero-order valence-corrected chi connectivity index (χ0v) is 13.0. The van der Waals surface area contributed by atoms with Gasteiger partial charge < -0.3 is 15.4 Å². The number of H-pyrrole nitrogens is 1. The number of carboxylic acid groups (broad SMARTS) is 1. The molecular weight excluding hydrogens is 308 g/mol. The van der Waals surface area contributed by atoms with Gasteiger partial charge in [-0.1, -0.05) is 29.8 Å². The molecule has 3 N–H and O–H groups in total. The third-order valence-corrected chi connectivity index (χ3v) is 3.73. The second-order valence-corrected chi connectivity index (χ2v) is 5.50. The summed E-state index contributed by atoms with van der Waals surface area (Å²) in [6.07, 6.45) is 2.76. The minimum atomic E-state index is -0.990. The number of amides is 1. The summed E-state index contributed by atoms with van der Waals surface area (Å²) in [5, 5.41) is 12.5. The first-order valence-electron chi connectivity index (χ1n) is 7.42. The topological polar surface area (TPSA) is 108 Å². The number of aliphatic carboxylic acids is 1. The quantitative estimate of drug-likeness (QED) is 0.667. The second kappa shape index (κ2) is 6.49. The highest BCUT2D eigenvalue weighted by molar-refractivity contribution is 6.03. The fourth-order valence-corrected chi connectivity index (χ4v) is 2.51. The molecule has 0 aliphatic carbocycles. The van der Waals surface area contributed by atoms with Gasteiger partial charge in [-0.05, 0) is 18.6 Å². The molecule has 1 aromatic carbocycles. The summed E-state index contributed by atoms with van der Waals surface area (Å²) in [7, 11) is 0. The van der Waals surface area contributed by atoms with E-state index in [0.29, 0.717) is 11.0 Å². The Hall–Kier alpha value is -3.22. The molecule has 0 radical (unpaired) electrons. The number of fused-ring (bicyclic) bond motifs is 1. The number of carbonyl (C=O) groups excluding carboxylic acids is 1. The van der Waals surface area contributed by atoms with Crippen LogP contribution in [0.2, 0.25) is 0 Å². The van der Waals surface area contributed by atoms with Gasteiger partial charge in [0, 0.05) is 6.20 Å². The Bertz CT molecular complexity index is 886. The fourth-order valence-electron chi connectivity index (χ4n) is 2.51. The van der Waals surface area contributed by atoms with Crippen molar-refractivity contribution in [2.45, 2.75) is 19.4 Å². The van der Waals surface area contributed by atoms with E-state index in [1.165, 1.54) is 6.33 Å². The monoisotopic (exact) mass is 324 g/mol. The smallest absolute Gasteiger partial charge is 0.305 e. The molecule has 2 aromatic heterocycles. The van der Waals surface area contributed by atoms with Crippen molar-refractivity contribution in [1.29, 1.82) is 0 Å². The Morgan fingerprint density at radius 2 is 1.96 bits per heavy atom. The van der Waals surface area contributed by atoms with Crippen molar-refractivity contribution >= 4 is 22.9 Å². The Labute approximate surface area is 137 Å². The van der Waals surface area contributed by atoms with Gasteiger partial charge in [-0.15, -0.1) is 0 Å². The van der Waals surface area contributed by atoms with Crippen LogP contribution in [0.5, 0.6) is 0 Å². The number of benzene rings is 1. The lowest BCUT2D eigenvalue weighted by Gasteiger charge is -2.17. The molecule has 7 heteroatoms. The first-order valence-corrected chi connectivity index (χ1v) is 7.42. The summed E-state index contributed by atoms with van der Waals surface area (Å²) in [6, 6.07) is 8.46. The van der Waals surface area contributed by atoms with Crippen molar-refractivity contribution in [2.75, 3.05) is 0 Å². The van der Waals surface area contributed by atoms with Crippen LogP contribution in [0.25, 0.3) is 11.0 Å². The van der Waals surface area contributed by atoms with Crippen LogP contribution in [-0.2, 0) is 4.79 Å². The summed E-state index contributed by atoms with van der Waals surface area (Å²) in [5.74, 6) is -1.43. The van der Waals surface area contributed by atoms with E-state index in [1.54, 1.807) is 12.3 Å². The van der Waals surface area contributed by atoms with Crippen LogP contribution in [0.3, 0.4) is 0 Å². The largest absolute Gasteiger partial charge is 0.481 e. The van der Waals surface area contributed by atoms with Gasteiger partial charge in [0.25, 0.3) is 5.91 Å². The highest BCUT2D eigenvalue weighted by atomic mass is 16.4. The molecule has 0 fully saturated rings. The number of hydrogen-bond acceptors (Lipinski definition) is 4. The van der Waals surface area contributed by atoms with E-state index < -0.39 is 17.9 Å². The van der Waals surface area contributed by atoms with Crippen LogP contribution in [0.15, 0.2) is 42.9 Å². The number of nitrogens with one attached hydrogen (secondary N) is 2. The molecule has 122 valence electrons. The van der Waals surface area contributed by atoms with E-state index in [0.717, 1.165) is 11.1 Å². The van der Waals surface area contributed by atoms with E-state index >= 15 is 0 Å². The van der Waals surface area contributed by atoms with Crippen molar-refractivity contribution in [1.82, 2.24) is 20.3 Å². The van der Waals surface area contributed by atoms with Gasteiger partial charge >= 0.3 is 5.97 Å². The molecule has 0 saturated heterocycles.